The number of imide groups is 1. The van der Waals surface area contributed by atoms with Crippen LogP contribution in [0.1, 0.15) is 17.2 Å². The normalized spacial score (nSPS) is 17.5. The number of nitrogens with zero attached hydrogens (tertiary/aromatic N) is 2. The van der Waals surface area contributed by atoms with Crippen molar-refractivity contribution in [3.63, 3.8) is 0 Å². The minimum Gasteiger partial charge on any atom is -0.387 e. The Morgan fingerprint density at radius 1 is 1.33 bits per heavy atom. The van der Waals surface area contributed by atoms with Gasteiger partial charge in [0.25, 0.3) is 0 Å². The summed E-state index contributed by atoms with van der Waals surface area (Å²) in [5.41, 5.74) is 1.69. The zero-order chi connectivity index (χ0) is 13.3. The minimum absolute atomic E-state index is 0.00681. The van der Waals surface area contributed by atoms with Gasteiger partial charge in [-0.05, 0) is 18.1 Å². The van der Waals surface area contributed by atoms with E-state index in [-0.39, 0.29) is 25.0 Å². The molecule has 5 nitrogen and oxygen atoms in total. The Morgan fingerprint density at radius 3 is 2.56 bits per heavy atom. The number of hydrogen-bond donors (Lipinski definition) is 1. The van der Waals surface area contributed by atoms with Gasteiger partial charge in [0.2, 0.25) is 5.91 Å². The van der Waals surface area contributed by atoms with E-state index in [4.69, 9.17) is 0 Å². The van der Waals surface area contributed by atoms with Crippen molar-refractivity contribution in [2.45, 2.75) is 13.0 Å². The molecule has 1 aromatic carbocycles. The molecule has 1 aromatic rings. The lowest BCUT2D eigenvalue weighted by Crippen LogP contribution is -2.35. The topological polar surface area (TPSA) is 60.9 Å². The molecule has 0 aliphatic carbocycles. The second kappa shape index (κ2) is 4.78. The molecule has 1 aliphatic rings. The first kappa shape index (κ1) is 12.6. The second-order valence-electron chi connectivity index (χ2n) is 4.52. The zero-order valence-electron chi connectivity index (χ0n) is 10.5. The standard InChI is InChI=1S/C13H16N2O3/c1-9-5-3-4-6-10(9)11(16)7-15-12(17)8-14(2)13(15)18/h3-6,11,16H,7-8H2,1-2H3. The van der Waals surface area contributed by atoms with Crippen molar-refractivity contribution >= 4 is 11.9 Å². The molecule has 3 amide bonds. The van der Waals surface area contributed by atoms with Crippen LogP contribution in [0.5, 0.6) is 0 Å². The average molecular weight is 248 g/mol. The largest absolute Gasteiger partial charge is 0.387 e. The summed E-state index contributed by atoms with van der Waals surface area (Å²) in [5, 5.41) is 10.1. The highest BCUT2D eigenvalue weighted by Gasteiger charge is 2.34. The van der Waals surface area contributed by atoms with Crippen LogP contribution >= 0.6 is 0 Å². The van der Waals surface area contributed by atoms with Crippen LogP contribution in [-0.2, 0) is 4.79 Å². The summed E-state index contributed by atoms with van der Waals surface area (Å²) < 4.78 is 0. The molecule has 2 rings (SSSR count). The number of rotatable bonds is 3. The Bertz CT molecular complexity index is 487. The number of β-amino-alcohol motifs (C(OH)–C–C–N with tert-alkyl or cyclic N) is 1. The molecule has 0 bridgehead atoms. The fourth-order valence-electron chi connectivity index (χ4n) is 2.08. The molecule has 5 heteroatoms. The fourth-order valence-corrected chi connectivity index (χ4v) is 2.08. The van der Waals surface area contributed by atoms with Gasteiger partial charge in [-0.25, -0.2) is 4.79 Å². The maximum absolute atomic E-state index is 11.7. The third-order valence-electron chi connectivity index (χ3n) is 3.13. The molecule has 0 spiro atoms. The highest BCUT2D eigenvalue weighted by atomic mass is 16.3. The van der Waals surface area contributed by atoms with E-state index >= 15 is 0 Å². The molecule has 1 unspecified atom stereocenters. The van der Waals surface area contributed by atoms with Crippen molar-refractivity contribution in [3.05, 3.63) is 35.4 Å². The third-order valence-corrected chi connectivity index (χ3v) is 3.13. The van der Waals surface area contributed by atoms with Crippen LogP contribution in [0.3, 0.4) is 0 Å². The number of aliphatic hydroxyl groups excluding tert-OH is 1. The van der Waals surface area contributed by atoms with Crippen LogP contribution in [0.25, 0.3) is 0 Å². The van der Waals surface area contributed by atoms with Crippen molar-refractivity contribution in [2.75, 3.05) is 20.1 Å². The number of urea groups is 1. The number of amides is 3. The van der Waals surface area contributed by atoms with Crippen molar-refractivity contribution in [2.24, 2.45) is 0 Å². The molecule has 0 aromatic heterocycles. The van der Waals surface area contributed by atoms with Crippen molar-refractivity contribution in [1.82, 2.24) is 9.80 Å². The summed E-state index contributed by atoms with van der Waals surface area (Å²) in [6.07, 6.45) is -0.842. The van der Waals surface area contributed by atoms with Crippen LogP contribution in [0.4, 0.5) is 4.79 Å². The Labute approximate surface area is 106 Å². The van der Waals surface area contributed by atoms with Crippen LogP contribution in [0.2, 0.25) is 0 Å². The van der Waals surface area contributed by atoms with E-state index in [0.29, 0.717) is 0 Å². The monoisotopic (exact) mass is 248 g/mol. The molecule has 1 aliphatic heterocycles. The quantitative estimate of drug-likeness (QED) is 0.809. The zero-order valence-corrected chi connectivity index (χ0v) is 10.5. The molecular weight excluding hydrogens is 232 g/mol. The molecule has 0 saturated carbocycles. The second-order valence-corrected chi connectivity index (χ2v) is 4.52. The van der Waals surface area contributed by atoms with Gasteiger partial charge >= 0.3 is 6.03 Å². The lowest BCUT2D eigenvalue weighted by molar-refractivity contribution is -0.126. The highest BCUT2D eigenvalue weighted by molar-refractivity contribution is 6.01. The van der Waals surface area contributed by atoms with Crippen LogP contribution in [-0.4, -0.2) is 47.0 Å². The molecule has 1 atom stereocenters. The molecule has 0 radical (unpaired) electrons. The molecule has 1 fully saturated rings. The molecule has 1 heterocycles. The van der Waals surface area contributed by atoms with E-state index in [2.05, 4.69) is 0 Å². The maximum atomic E-state index is 11.7. The van der Waals surface area contributed by atoms with Crippen LogP contribution in [0, 0.1) is 6.92 Å². The van der Waals surface area contributed by atoms with Crippen molar-refractivity contribution in [1.29, 1.82) is 0 Å². The summed E-state index contributed by atoms with van der Waals surface area (Å²) >= 11 is 0. The number of carbonyl (C=O) groups excluding carboxylic acids is 2. The molecule has 1 saturated heterocycles. The molecule has 1 N–H and O–H groups in total. The van der Waals surface area contributed by atoms with Gasteiger partial charge in [-0.2, -0.15) is 0 Å². The number of aryl methyl sites for hydroxylation is 1. The van der Waals surface area contributed by atoms with Gasteiger partial charge in [-0.1, -0.05) is 24.3 Å². The first-order chi connectivity index (χ1) is 8.50. The van der Waals surface area contributed by atoms with Gasteiger partial charge in [-0.3, -0.25) is 9.69 Å². The van der Waals surface area contributed by atoms with E-state index in [1.807, 2.05) is 25.1 Å². The van der Waals surface area contributed by atoms with Gasteiger partial charge in [0.1, 0.15) is 6.54 Å². The van der Waals surface area contributed by atoms with E-state index in [0.717, 1.165) is 16.0 Å². The summed E-state index contributed by atoms with van der Waals surface area (Å²) in [7, 11) is 1.57. The first-order valence-corrected chi connectivity index (χ1v) is 5.79. The van der Waals surface area contributed by atoms with Gasteiger partial charge in [0, 0.05) is 7.05 Å². The number of benzene rings is 1. The van der Waals surface area contributed by atoms with E-state index in [1.54, 1.807) is 13.1 Å². The fraction of sp³-hybridized carbons (Fsp3) is 0.385. The highest BCUT2D eigenvalue weighted by Crippen LogP contribution is 2.20. The maximum Gasteiger partial charge on any atom is 0.327 e. The summed E-state index contributed by atoms with van der Waals surface area (Å²) in [6.45, 7) is 1.98. The predicted molar refractivity (Wildman–Crippen MR) is 65.9 cm³/mol. The lowest BCUT2D eigenvalue weighted by Gasteiger charge is -2.19. The first-order valence-electron chi connectivity index (χ1n) is 5.79. The number of likely N-dealkylation sites (N-methyl/N-ethyl adjacent to an activating group) is 1. The smallest absolute Gasteiger partial charge is 0.327 e. The molecular formula is C13H16N2O3. The Hall–Kier alpha value is -1.88. The van der Waals surface area contributed by atoms with Crippen molar-refractivity contribution in [3.8, 4) is 0 Å². The van der Waals surface area contributed by atoms with Crippen molar-refractivity contribution < 1.29 is 14.7 Å². The van der Waals surface area contributed by atoms with E-state index in [1.165, 1.54) is 4.90 Å². The van der Waals surface area contributed by atoms with Gasteiger partial charge in [0.05, 0.1) is 12.6 Å². The molecule has 18 heavy (non-hydrogen) atoms. The molecule has 96 valence electrons. The van der Waals surface area contributed by atoms with E-state index in [9.17, 15) is 14.7 Å². The minimum atomic E-state index is -0.842. The summed E-state index contributed by atoms with van der Waals surface area (Å²) in [5.74, 6) is -0.268. The Balaban J connectivity index is 2.13. The average Bonchev–Trinajstić information content (AvgIpc) is 2.56. The Morgan fingerprint density at radius 2 is 2.00 bits per heavy atom. The summed E-state index contributed by atoms with van der Waals surface area (Å²) in [6, 6.07) is 7.04. The van der Waals surface area contributed by atoms with Gasteiger partial charge in [0.15, 0.2) is 0 Å². The Kier molecular flexibility index (Phi) is 3.34. The number of hydrogen-bond acceptors (Lipinski definition) is 3. The SMILES string of the molecule is Cc1ccccc1C(O)CN1C(=O)CN(C)C1=O. The van der Waals surface area contributed by atoms with Gasteiger partial charge < -0.3 is 10.0 Å². The third kappa shape index (κ3) is 2.22. The van der Waals surface area contributed by atoms with Crippen LogP contribution in [0.15, 0.2) is 24.3 Å². The van der Waals surface area contributed by atoms with Gasteiger partial charge in [-0.15, -0.1) is 0 Å². The van der Waals surface area contributed by atoms with Crippen LogP contribution < -0.4 is 0 Å². The number of aliphatic hydroxyl groups is 1. The number of carbonyl (C=O) groups is 2. The van der Waals surface area contributed by atoms with E-state index < -0.39 is 6.10 Å². The lowest BCUT2D eigenvalue weighted by atomic mass is 10.0. The predicted octanol–water partition coefficient (Wildman–Crippen LogP) is 0.922. The summed E-state index contributed by atoms with van der Waals surface area (Å²) in [4.78, 5) is 25.7.